The van der Waals surface area contributed by atoms with Gasteiger partial charge >= 0.3 is 6.18 Å². The van der Waals surface area contributed by atoms with E-state index in [0.29, 0.717) is 10.0 Å². The first-order chi connectivity index (χ1) is 9.33. The van der Waals surface area contributed by atoms with Crippen LogP contribution in [0.25, 0.3) is 10.2 Å². The van der Waals surface area contributed by atoms with Crippen LogP contribution in [-0.2, 0) is 4.79 Å². The molecule has 9 heteroatoms. The van der Waals surface area contributed by atoms with Crippen LogP contribution in [0.5, 0.6) is 0 Å². The maximum Gasteiger partial charge on any atom is 0.405 e. The van der Waals surface area contributed by atoms with E-state index in [4.69, 9.17) is 5.73 Å². The summed E-state index contributed by atoms with van der Waals surface area (Å²) in [4.78, 5) is 15.5. The molecule has 0 atom stereocenters. The van der Waals surface area contributed by atoms with E-state index in [1.165, 1.54) is 11.3 Å². The van der Waals surface area contributed by atoms with E-state index in [-0.39, 0.29) is 5.75 Å². The SMILES string of the molecule is Nc1ccc2nc(SCC(=O)NCC(F)(F)F)sc2c1. The highest BCUT2D eigenvalue weighted by molar-refractivity contribution is 8.01. The number of thioether (sulfide) groups is 1. The number of nitrogens with one attached hydrogen (secondary N) is 1. The summed E-state index contributed by atoms with van der Waals surface area (Å²) in [5.74, 6) is -0.781. The normalized spacial score (nSPS) is 11.8. The van der Waals surface area contributed by atoms with Crippen molar-refractivity contribution in [2.45, 2.75) is 10.5 Å². The predicted octanol–water partition coefficient (Wildman–Crippen LogP) is 2.65. The molecule has 1 aromatic carbocycles. The molecular formula is C11H10F3N3OS2. The number of nitrogens with zero attached hydrogens (tertiary/aromatic N) is 1. The number of fused-ring (bicyclic) bond motifs is 1. The Labute approximate surface area is 120 Å². The summed E-state index contributed by atoms with van der Waals surface area (Å²) in [5.41, 5.74) is 7.00. The fourth-order valence-corrected chi connectivity index (χ4v) is 3.31. The zero-order chi connectivity index (χ0) is 14.8. The van der Waals surface area contributed by atoms with Crippen LogP contribution in [0, 0.1) is 0 Å². The number of aromatic nitrogens is 1. The Bertz CT molecular complexity index is 627. The first-order valence-electron chi connectivity index (χ1n) is 5.46. The Morgan fingerprint density at radius 1 is 1.45 bits per heavy atom. The average molecular weight is 321 g/mol. The number of hydrogen-bond acceptors (Lipinski definition) is 5. The molecule has 1 amide bonds. The standard InChI is InChI=1S/C11H10F3N3OS2/c12-11(13,14)5-16-9(18)4-19-10-17-7-2-1-6(15)3-8(7)20-10/h1-3H,4-5,15H2,(H,16,18). The highest BCUT2D eigenvalue weighted by Crippen LogP contribution is 2.30. The minimum atomic E-state index is -4.40. The first kappa shape index (κ1) is 14.9. The van der Waals surface area contributed by atoms with E-state index in [2.05, 4.69) is 4.98 Å². The minimum absolute atomic E-state index is 0.106. The number of thiazole rings is 1. The van der Waals surface area contributed by atoms with Crippen molar-refractivity contribution in [2.75, 3.05) is 18.0 Å². The highest BCUT2D eigenvalue weighted by Gasteiger charge is 2.27. The molecule has 0 saturated carbocycles. The molecule has 2 aromatic rings. The second-order valence-corrected chi connectivity index (χ2v) is 6.14. The summed E-state index contributed by atoms with van der Waals surface area (Å²) in [6.07, 6.45) is -4.40. The fraction of sp³-hybridized carbons (Fsp3) is 0.273. The van der Waals surface area contributed by atoms with Crippen molar-refractivity contribution in [1.29, 1.82) is 0 Å². The maximum atomic E-state index is 11.9. The van der Waals surface area contributed by atoms with Crippen LogP contribution >= 0.6 is 23.1 Å². The Morgan fingerprint density at radius 3 is 2.90 bits per heavy atom. The van der Waals surface area contributed by atoms with Crippen LogP contribution in [0.15, 0.2) is 22.5 Å². The largest absolute Gasteiger partial charge is 0.405 e. The molecule has 1 aromatic heterocycles. The molecule has 0 bridgehead atoms. The van der Waals surface area contributed by atoms with E-state index in [1.54, 1.807) is 18.2 Å². The van der Waals surface area contributed by atoms with Crippen molar-refractivity contribution in [3.63, 3.8) is 0 Å². The molecule has 20 heavy (non-hydrogen) atoms. The van der Waals surface area contributed by atoms with Gasteiger partial charge in [-0.05, 0) is 18.2 Å². The van der Waals surface area contributed by atoms with E-state index >= 15 is 0 Å². The molecular weight excluding hydrogens is 311 g/mol. The summed E-state index contributed by atoms with van der Waals surface area (Å²) >= 11 is 2.44. The van der Waals surface area contributed by atoms with Crippen molar-refractivity contribution in [3.8, 4) is 0 Å². The Hall–Kier alpha value is -1.48. The van der Waals surface area contributed by atoms with Crippen LogP contribution in [0.4, 0.5) is 18.9 Å². The molecule has 1 heterocycles. The first-order valence-corrected chi connectivity index (χ1v) is 7.26. The van der Waals surface area contributed by atoms with Gasteiger partial charge in [-0.3, -0.25) is 4.79 Å². The van der Waals surface area contributed by atoms with Gasteiger partial charge < -0.3 is 11.1 Å². The molecule has 0 spiro atoms. The zero-order valence-electron chi connectivity index (χ0n) is 10.0. The molecule has 2 rings (SSSR count). The number of nitrogen functional groups attached to an aromatic ring is 1. The smallest absolute Gasteiger partial charge is 0.399 e. The summed E-state index contributed by atoms with van der Waals surface area (Å²) in [7, 11) is 0. The number of nitrogens with two attached hydrogens (primary N) is 1. The third-order valence-corrected chi connectivity index (χ3v) is 4.37. The van der Waals surface area contributed by atoms with Crippen LogP contribution < -0.4 is 11.1 Å². The van der Waals surface area contributed by atoms with E-state index in [0.717, 1.165) is 22.0 Å². The molecule has 0 aliphatic heterocycles. The summed E-state index contributed by atoms with van der Waals surface area (Å²) < 4.78 is 37.2. The number of alkyl halides is 3. The lowest BCUT2D eigenvalue weighted by molar-refractivity contribution is -0.136. The van der Waals surface area contributed by atoms with Gasteiger partial charge in [-0.2, -0.15) is 13.2 Å². The Kier molecular flexibility index (Phi) is 4.39. The van der Waals surface area contributed by atoms with Gasteiger partial charge in [0.25, 0.3) is 0 Å². The molecule has 0 aliphatic carbocycles. The van der Waals surface area contributed by atoms with Crippen LogP contribution in [0.1, 0.15) is 0 Å². The maximum absolute atomic E-state index is 11.9. The van der Waals surface area contributed by atoms with Gasteiger partial charge in [-0.1, -0.05) is 11.8 Å². The van der Waals surface area contributed by atoms with Gasteiger partial charge in [0, 0.05) is 5.69 Å². The third kappa shape index (κ3) is 4.27. The topological polar surface area (TPSA) is 68.0 Å². The highest BCUT2D eigenvalue weighted by atomic mass is 32.2. The molecule has 108 valence electrons. The lowest BCUT2D eigenvalue weighted by atomic mass is 10.3. The lowest BCUT2D eigenvalue weighted by Gasteiger charge is -2.07. The quantitative estimate of drug-likeness (QED) is 0.671. The molecule has 0 saturated heterocycles. The van der Waals surface area contributed by atoms with Crippen molar-refractivity contribution < 1.29 is 18.0 Å². The van der Waals surface area contributed by atoms with Crippen LogP contribution in [-0.4, -0.2) is 29.4 Å². The van der Waals surface area contributed by atoms with Gasteiger partial charge in [-0.25, -0.2) is 4.98 Å². The number of hydrogen-bond donors (Lipinski definition) is 2. The number of anilines is 1. The number of rotatable bonds is 4. The Morgan fingerprint density at radius 2 is 2.20 bits per heavy atom. The van der Waals surface area contributed by atoms with Gasteiger partial charge in [-0.15, -0.1) is 11.3 Å². The van der Waals surface area contributed by atoms with E-state index in [9.17, 15) is 18.0 Å². The summed E-state index contributed by atoms with van der Waals surface area (Å²) in [6, 6.07) is 5.24. The molecule has 4 nitrogen and oxygen atoms in total. The number of carbonyl (C=O) groups excluding carboxylic acids is 1. The van der Waals surface area contributed by atoms with Crippen LogP contribution in [0.2, 0.25) is 0 Å². The number of carbonyl (C=O) groups is 1. The van der Waals surface area contributed by atoms with E-state index in [1.807, 2.05) is 5.32 Å². The summed E-state index contributed by atoms with van der Waals surface area (Å²) in [5, 5.41) is 1.81. The van der Waals surface area contributed by atoms with Gasteiger partial charge in [0.05, 0.1) is 16.0 Å². The lowest BCUT2D eigenvalue weighted by Crippen LogP contribution is -2.34. The predicted molar refractivity (Wildman–Crippen MR) is 73.8 cm³/mol. The second kappa shape index (κ2) is 5.88. The molecule has 0 unspecified atom stereocenters. The van der Waals surface area contributed by atoms with Gasteiger partial charge in [0.2, 0.25) is 5.91 Å². The van der Waals surface area contributed by atoms with Crippen molar-refractivity contribution in [1.82, 2.24) is 10.3 Å². The van der Waals surface area contributed by atoms with Crippen molar-refractivity contribution in [3.05, 3.63) is 18.2 Å². The second-order valence-electron chi connectivity index (χ2n) is 3.89. The van der Waals surface area contributed by atoms with Crippen molar-refractivity contribution in [2.24, 2.45) is 0 Å². The monoisotopic (exact) mass is 321 g/mol. The minimum Gasteiger partial charge on any atom is -0.399 e. The number of benzene rings is 1. The zero-order valence-corrected chi connectivity index (χ0v) is 11.7. The van der Waals surface area contributed by atoms with Crippen LogP contribution in [0.3, 0.4) is 0 Å². The number of halogens is 3. The molecule has 0 radical (unpaired) electrons. The van der Waals surface area contributed by atoms with Gasteiger partial charge in [0.15, 0.2) is 4.34 Å². The third-order valence-electron chi connectivity index (χ3n) is 2.21. The molecule has 3 N–H and O–H groups in total. The molecule has 0 aliphatic rings. The van der Waals surface area contributed by atoms with E-state index < -0.39 is 18.6 Å². The van der Waals surface area contributed by atoms with Gasteiger partial charge in [0.1, 0.15) is 6.54 Å². The average Bonchev–Trinajstić information content (AvgIpc) is 2.75. The fourth-order valence-electron chi connectivity index (χ4n) is 1.36. The number of amides is 1. The van der Waals surface area contributed by atoms with Crippen molar-refractivity contribution >= 4 is 44.9 Å². The Balaban J connectivity index is 1.91. The molecule has 0 fully saturated rings. The summed E-state index contributed by atoms with van der Waals surface area (Å²) in [6.45, 7) is -1.32.